The number of hydrogen-bond donors (Lipinski definition) is 3. The van der Waals surface area contributed by atoms with Crippen LogP contribution in [0.25, 0.3) is 0 Å². The lowest BCUT2D eigenvalue weighted by atomic mass is 10.3. The first-order valence-corrected chi connectivity index (χ1v) is 7.18. The van der Waals surface area contributed by atoms with Crippen LogP contribution in [0.2, 0.25) is 0 Å². The Morgan fingerprint density at radius 3 is 2.77 bits per heavy atom. The van der Waals surface area contributed by atoms with Crippen LogP contribution < -0.4 is 21.3 Å². The Morgan fingerprint density at radius 1 is 1.36 bits per heavy atom. The topological polar surface area (TPSA) is 117 Å². The number of methoxy groups -OCH3 is 1. The van der Waals surface area contributed by atoms with E-state index in [1.165, 1.54) is 7.11 Å². The Morgan fingerprint density at radius 2 is 2.09 bits per heavy atom. The Kier molecular flexibility index (Phi) is 4.99. The fourth-order valence-corrected chi connectivity index (χ4v) is 2.38. The molecule has 1 amide bonds. The van der Waals surface area contributed by atoms with Crippen molar-refractivity contribution in [3.63, 3.8) is 0 Å². The third-order valence-electron chi connectivity index (χ3n) is 2.70. The number of nitrogens with zero attached hydrogens (tertiary/aromatic N) is 1. The number of anilines is 1. The van der Waals surface area contributed by atoms with Gasteiger partial charge in [-0.3, -0.25) is 14.6 Å². The number of thioether (sulfide) groups is 1. The molecule has 2 aromatic rings. The van der Waals surface area contributed by atoms with Crippen molar-refractivity contribution in [2.24, 2.45) is 0 Å². The summed E-state index contributed by atoms with van der Waals surface area (Å²) in [5.41, 5.74) is -0.794. The van der Waals surface area contributed by atoms with Gasteiger partial charge in [-0.2, -0.15) is 5.10 Å². The lowest BCUT2D eigenvalue weighted by Gasteiger charge is -2.13. The molecule has 0 saturated carbocycles. The molecule has 8 nitrogen and oxygen atoms in total. The van der Waals surface area contributed by atoms with Gasteiger partial charge < -0.3 is 10.1 Å². The minimum absolute atomic E-state index is 0.0160. The predicted molar refractivity (Wildman–Crippen MR) is 82.4 cm³/mol. The number of ether oxygens (including phenoxy) is 1. The molecule has 0 aliphatic carbocycles. The molecule has 0 radical (unpaired) electrons. The van der Waals surface area contributed by atoms with Crippen molar-refractivity contribution in [2.75, 3.05) is 12.4 Å². The summed E-state index contributed by atoms with van der Waals surface area (Å²) in [7, 11) is 1.51. The van der Waals surface area contributed by atoms with Crippen molar-refractivity contribution in [3.8, 4) is 5.75 Å². The summed E-state index contributed by atoms with van der Waals surface area (Å²) in [4.78, 5) is 36.7. The standard InChI is InChI=1S/C13H14N4O4S/c1-7(22-12-11(19)15-13(20)17-16-12)10(18)14-8-5-3-4-6-9(8)21-2/h3-7H,1-2H3,(H,14,18)(H2,15,17,19,20)/t7-/m0/s1. The first kappa shape index (κ1) is 15.8. The summed E-state index contributed by atoms with van der Waals surface area (Å²) < 4.78 is 5.15. The highest BCUT2D eigenvalue weighted by Gasteiger charge is 2.18. The lowest BCUT2D eigenvalue weighted by Crippen LogP contribution is -2.28. The molecular weight excluding hydrogens is 308 g/mol. The monoisotopic (exact) mass is 322 g/mol. The first-order chi connectivity index (χ1) is 10.5. The van der Waals surface area contributed by atoms with E-state index >= 15 is 0 Å². The van der Waals surface area contributed by atoms with Gasteiger partial charge in [0.1, 0.15) is 5.75 Å². The van der Waals surface area contributed by atoms with Gasteiger partial charge in [0, 0.05) is 0 Å². The highest BCUT2D eigenvalue weighted by atomic mass is 32.2. The van der Waals surface area contributed by atoms with E-state index in [0.29, 0.717) is 11.4 Å². The summed E-state index contributed by atoms with van der Waals surface area (Å²) >= 11 is 0.942. The quantitative estimate of drug-likeness (QED) is 0.694. The third-order valence-corrected chi connectivity index (χ3v) is 3.77. The molecule has 0 fully saturated rings. The summed E-state index contributed by atoms with van der Waals surface area (Å²) in [6.07, 6.45) is 0. The van der Waals surface area contributed by atoms with E-state index in [9.17, 15) is 14.4 Å². The molecular formula is C13H14N4O4S. The van der Waals surface area contributed by atoms with Gasteiger partial charge in [0.2, 0.25) is 5.91 Å². The van der Waals surface area contributed by atoms with Crippen molar-refractivity contribution in [2.45, 2.75) is 17.2 Å². The molecule has 1 heterocycles. The number of nitrogens with one attached hydrogen (secondary N) is 3. The maximum Gasteiger partial charge on any atom is 0.342 e. The number of hydrogen-bond acceptors (Lipinski definition) is 6. The fraction of sp³-hybridized carbons (Fsp3) is 0.231. The fourth-order valence-electron chi connectivity index (χ4n) is 1.62. The number of benzene rings is 1. The number of H-pyrrole nitrogens is 2. The molecule has 116 valence electrons. The summed E-state index contributed by atoms with van der Waals surface area (Å²) in [6, 6.07) is 6.99. The molecule has 9 heteroatoms. The van der Waals surface area contributed by atoms with Crippen molar-refractivity contribution >= 4 is 23.4 Å². The van der Waals surface area contributed by atoms with Crippen LogP contribution in [0.5, 0.6) is 5.75 Å². The van der Waals surface area contributed by atoms with Crippen LogP contribution in [0.4, 0.5) is 5.69 Å². The second-order valence-corrected chi connectivity index (χ2v) is 5.59. The second kappa shape index (κ2) is 6.94. The van der Waals surface area contributed by atoms with E-state index in [4.69, 9.17) is 4.74 Å². The molecule has 22 heavy (non-hydrogen) atoms. The number of carbonyl (C=O) groups excluding carboxylic acids is 1. The third kappa shape index (κ3) is 3.76. The average molecular weight is 322 g/mol. The van der Waals surface area contributed by atoms with E-state index in [-0.39, 0.29) is 10.9 Å². The zero-order valence-corrected chi connectivity index (χ0v) is 12.7. The molecule has 1 aromatic carbocycles. The number of amides is 1. The van der Waals surface area contributed by atoms with Crippen LogP contribution in [0, 0.1) is 0 Å². The number of rotatable bonds is 5. The molecule has 1 aromatic heterocycles. The molecule has 0 saturated heterocycles. The molecule has 3 N–H and O–H groups in total. The molecule has 2 rings (SSSR count). The molecule has 0 aliphatic rings. The Balaban J connectivity index is 2.09. The highest BCUT2D eigenvalue weighted by molar-refractivity contribution is 8.00. The molecule has 0 unspecified atom stereocenters. The summed E-state index contributed by atoms with van der Waals surface area (Å²) in [5, 5.41) is 7.88. The van der Waals surface area contributed by atoms with Crippen molar-refractivity contribution in [1.29, 1.82) is 0 Å². The second-order valence-electron chi connectivity index (χ2n) is 4.26. The normalized spacial score (nSPS) is 11.7. The van der Waals surface area contributed by atoms with Gasteiger partial charge in [0.05, 0.1) is 18.0 Å². The van der Waals surface area contributed by atoms with Crippen molar-refractivity contribution < 1.29 is 9.53 Å². The van der Waals surface area contributed by atoms with Gasteiger partial charge in [-0.05, 0) is 19.1 Å². The van der Waals surface area contributed by atoms with E-state index < -0.39 is 16.5 Å². The summed E-state index contributed by atoms with van der Waals surface area (Å²) in [6.45, 7) is 1.63. The van der Waals surface area contributed by atoms with Crippen LogP contribution in [-0.4, -0.2) is 33.4 Å². The highest BCUT2D eigenvalue weighted by Crippen LogP contribution is 2.25. The SMILES string of the molecule is COc1ccccc1NC(=O)[C@H](C)Sc1n[nH]c(=O)[nH]c1=O. The molecule has 1 atom stereocenters. The predicted octanol–water partition coefficient (Wildman–Crippen LogP) is 0.586. The van der Waals surface area contributed by atoms with E-state index in [1.807, 2.05) is 4.98 Å². The number of carbonyl (C=O) groups is 1. The molecule has 0 aliphatic heterocycles. The smallest absolute Gasteiger partial charge is 0.342 e. The minimum atomic E-state index is -0.694. The van der Waals surface area contributed by atoms with Crippen molar-refractivity contribution in [3.05, 3.63) is 45.1 Å². The van der Waals surface area contributed by atoms with Crippen molar-refractivity contribution in [1.82, 2.24) is 15.2 Å². The molecule has 0 spiro atoms. The van der Waals surface area contributed by atoms with Crippen LogP contribution in [0.15, 0.2) is 38.9 Å². The average Bonchev–Trinajstić information content (AvgIpc) is 2.50. The largest absolute Gasteiger partial charge is 0.495 e. The van der Waals surface area contributed by atoms with Gasteiger partial charge in [0.25, 0.3) is 5.56 Å². The van der Waals surface area contributed by atoms with Gasteiger partial charge in [-0.25, -0.2) is 9.89 Å². The van der Waals surface area contributed by atoms with Gasteiger partial charge in [-0.15, -0.1) is 0 Å². The van der Waals surface area contributed by atoms with Crippen LogP contribution in [-0.2, 0) is 4.79 Å². The van der Waals surface area contributed by atoms with Gasteiger partial charge in [-0.1, -0.05) is 23.9 Å². The van der Waals surface area contributed by atoms with Gasteiger partial charge in [0.15, 0.2) is 5.03 Å². The van der Waals surface area contributed by atoms with Gasteiger partial charge >= 0.3 is 5.69 Å². The van der Waals surface area contributed by atoms with Crippen LogP contribution in [0.3, 0.4) is 0 Å². The van der Waals surface area contributed by atoms with Crippen LogP contribution in [0.1, 0.15) is 6.92 Å². The Bertz CT molecular complexity index is 786. The number of aromatic amines is 2. The Labute approximate surface area is 129 Å². The van der Waals surface area contributed by atoms with E-state index in [1.54, 1.807) is 31.2 Å². The molecule has 0 bridgehead atoms. The maximum absolute atomic E-state index is 12.2. The minimum Gasteiger partial charge on any atom is -0.495 e. The lowest BCUT2D eigenvalue weighted by molar-refractivity contribution is -0.115. The summed E-state index contributed by atoms with van der Waals surface area (Å²) in [5.74, 6) is 0.218. The van der Waals surface area contributed by atoms with E-state index in [0.717, 1.165) is 11.8 Å². The maximum atomic E-state index is 12.2. The Hall–Kier alpha value is -2.55. The zero-order valence-electron chi connectivity index (χ0n) is 11.9. The van der Waals surface area contributed by atoms with Crippen LogP contribution >= 0.6 is 11.8 Å². The first-order valence-electron chi connectivity index (χ1n) is 6.31. The number of para-hydroxylation sites is 2. The zero-order chi connectivity index (χ0) is 16.1. The number of aromatic nitrogens is 3. The van der Waals surface area contributed by atoms with E-state index in [2.05, 4.69) is 15.5 Å².